The minimum absolute atomic E-state index is 0.00455. The van der Waals surface area contributed by atoms with Gasteiger partial charge in [-0.3, -0.25) is 13.8 Å². The van der Waals surface area contributed by atoms with Crippen LogP contribution in [0.4, 0.5) is 10.1 Å². The number of nitrogens with zero attached hydrogens (tertiary/aromatic N) is 3. The van der Waals surface area contributed by atoms with E-state index in [-0.39, 0.29) is 48.3 Å². The monoisotopic (exact) mass is 529 g/mol. The van der Waals surface area contributed by atoms with Crippen molar-refractivity contribution in [1.29, 1.82) is 0 Å². The number of aliphatic carboxylic acids is 1. The number of carboxylic acids is 1. The number of aryl methyl sites for hydroxylation is 1. The van der Waals surface area contributed by atoms with Gasteiger partial charge in [0, 0.05) is 24.7 Å². The van der Waals surface area contributed by atoms with Gasteiger partial charge in [-0.25, -0.2) is 12.8 Å². The van der Waals surface area contributed by atoms with Gasteiger partial charge in [0.25, 0.3) is 15.9 Å². The van der Waals surface area contributed by atoms with Crippen LogP contribution >= 0.6 is 0 Å². The van der Waals surface area contributed by atoms with Crippen molar-refractivity contribution in [1.82, 2.24) is 9.78 Å². The summed E-state index contributed by atoms with van der Waals surface area (Å²) < 4.78 is 56.1. The van der Waals surface area contributed by atoms with Crippen LogP contribution < -0.4 is 13.8 Å². The third-order valence-electron chi connectivity index (χ3n) is 5.82. The van der Waals surface area contributed by atoms with Crippen LogP contribution in [-0.4, -0.2) is 48.5 Å². The minimum atomic E-state index is -4.17. The number of rotatable bonds is 10. The predicted octanol–water partition coefficient (Wildman–Crippen LogP) is 4.43. The fraction of sp³-hybridized carbons (Fsp3) is 0.308. The van der Waals surface area contributed by atoms with Gasteiger partial charge in [-0.2, -0.15) is 0 Å². The third-order valence-corrected chi connectivity index (χ3v) is 7.59. The molecule has 0 saturated carbocycles. The van der Waals surface area contributed by atoms with E-state index in [4.69, 9.17) is 14.6 Å². The van der Waals surface area contributed by atoms with Gasteiger partial charge in [0.2, 0.25) is 0 Å². The largest absolute Gasteiger partial charge is 0.486 e. The van der Waals surface area contributed by atoms with Crippen molar-refractivity contribution in [3.8, 4) is 11.6 Å². The lowest BCUT2D eigenvalue weighted by Crippen LogP contribution is -2.43. The van der Waals surface area contributed by atoms with E-state index in [2.05, 4.69) is 5.10 Å². The number of aromatic nitrogens is 2. The Bertz CT molecular complexity index is 1420. The summed E-state index contributed by atoms with van der Waals surface area (Å²) in [6.45, 7) is 4.16. The number of hydrogen-bond acceptors (Lipinski definition) is 6. The van der Waals surface area contributed by atoms with E-state index in [1.807, 2.05) is 6.92 Å². The summed E-state index contributed by atoms with van der Waals surface area (Å²) in [5.74, 6) is -1.08. The van der Waals surface area contributed by atoms with Crippen molar-refractivity contribution in [2.75, 3.05) is 17.5 Å². The highest BCUT2D eigenvalue weighted by molar-refractivity contribution is 7.93. The summed E-state index contributed by atoms with van der Waals surface area (Å²) in [5, 5.41) is 13.4. The van der Waals surface area contributed by atoms with Crippen LogP contribution in [0.3, 0.4) is 0 Å². The number of ether oxygens (including phenoxy) is 2. The van der Waals surface area contributed by atoms with E-state index in [0.29, 0.717) is 23.4 Å². The molecule has 9 nitrogen and oxygen atoms in total. The van der Waals surface area contributed by atoms with E-state index in [1.165, 1.54) is 21.3 Å². The molecule has 1 aliphatic rings. The van der Waals surface area contributed by atoms with Crippen LogP contribution in [0.2, 0.25) is 0 Å². The molecule has 0 radical (unpaired) electrons. The SMILES string of the molecule is CCOc1nn(CC)cc1S(=O)(=O)N1C[C@H](CCC(=O)O)Oc2ccc(/C=C/c3ccccc3F)cc21. The van der Waals surface area contributed by atoms with Crippen molar-refractivity contribution in [2.45, 2.75) is 44.2 Å². The van der Waals surface area contributed by atoms with Gasteiger partial charge in [0.15, 0.2) is 4.90 Å². The van der Waals surface area contributed by atoms with Crippen molar-refractivity contribution >= 4 is 33.8 Å². The summed E-state index contributed by atoms with van der Waals surface area (Å²) in [4.78, 5) is 11.1. The average Bonchev–Trinajstić information content (AvgIpc) is 3.30. The number of halogens is 1. The van der Waals surface area contributed by atoms with Crippen molar-refractivity contribution in [2.24, 2.45) is 0 Å². The quantitative estimate of drug-likeness (QED) is 0.387. The van der Waals surface area contributed by atoms with Gasteiger partial charge in [-0.15, -0.1) is 5.10 Å². The van der Waals surface area contributed by atoms with Crippen LogP contribution in [0.5, 0.6) is 11.6 Å². The van der Waals surface area contributed by atoms with Gasteiger partial charge >= 0.3 is 5.97 Å². The molecule has 0 spiro atoms. The van der Waals surface area contributed by atoms with E-state index < -0.39 is 22.1 Å². The Morgan fingerprint density at radius 3 is 2.73 bits per heavy atom. The van der Waals surface area contributed by atoms with E-state index in [9.17, 15) is 17.6 Å². The molecule has 0 amide bonds. The van der Waals surface area contributed by atoms with Gasteiger partial charge < -0.3 is 14.6 Å². The molecular formula is C26H28FN3O6S. The van der Waals surface area contributed by atoms with Crippen molar-refractivity contribution in [3.63, 3.8) is 0 Å². The number of fused-ring (bicyclic) bond motifs is 1. The zero-order chi connectivity index (χ0) is 26.6. The fourth-order valence-electron chi connectivity index (χ4n) is 3.97. The summed E-state index contributed by atoms with van der Waals surface area (Å²) in [5.41, 5.74) is 1.31. The third kappa shape index (κ3) is 5.77. The van der Waals surface area contributed by atoms with Gasteiger partial charge in [-0.1, -0.05) is 36.4 Å². The van der Waals surface area contributed by atoms with Crippen LogP contribution in [-0.2, 0) is 21.4 Å². The fourth-order valence-corrected chi connectivity index (χ4v) is 5.55. The highest BCUT2D eigenvalue weighted by Crippen LogP contribution is 2.40. The number of carboxylic acid groups (broad SMARTS) is 1. The Kier molecular flexibility index (Phi) is 7.82. The molecule has 1 atom stereocenters. The van der Waals surface area contributed by atoms with Crippen LogP contribution in [0.25, 0.3) is 12.2 Å². The normalized spacial score (nSPS) is 15.4. The first kappa shape index (κ1) is 26.2. The summed E-state index contributed by atoms with van der Waals surface area (Å²) in [7, 11) is -4.17. The van der Waals surface area contributed by atoms with Crippen LogP contribution in [0, 0.1) is 5.82 Å². The molecule has 1 aromatic heterocycles. The molecule has 2 aromatic carbocycles. The van der Waals surface area contributed by atoms with Gasteiger partial charge in [-0.05, 0) is 44.0 Å². The van der Waals surface area contributed by atoms with E-state index in [1.54, 1.807) is 55.5 Å². The first-order valence-electron chi connectivity index (χ1n) is 11.9. The Labute approximate surface area is 214 Å². The number of anilines is 1. The second kappa shape index (κ2) is 11.0. The first-order valence-corrected chi connectivity index (χ1v) is 13.3. The molecule has 0 aliphatic carbocycles. The molecule has 0 unspecified atom stereocenters. The number of carbonyl (C=O) groups is 1. The smallest absolute Gasteiger partial charge is 0.303 e. The molecule has 3 aromatic rings. The van der Waals surface area contributed by atoms with Crippen LogP contribution in [0.1, 0.15) is 37.8 Å². The standard InChI is InChI=1S/C26H28FN3O6S/c1-3-29-17-24(26(28-29)35-4-2)37(33,34)30-16-20(12-14-25(31)32)36-23-13-10-18(15-22(23)30)9-11-19-7-5-6-8-21(19)27/h5-11,13,15,17,20H,3-4,12,14,16H2,1-2H3,(H,31,32)/b11-9+/t20-/m0/s1. The lowest BCUT2D eigenvalue weighted by atomic mass is 10.1. The number of sulfonamides is 1. The molecule has 37 heavy (non-hydrogen) atoms. The molecule has 0 fully saturated rings. The first-order chi connectivity index (χ1) is 17.7. The Morgan fingerprint density at radius 2 is 2.03 bits per heavy atom. The lowest BCUT2D eigenvalue weighted by molar-refractivity contribution is -0.137. The molecule has 0 saturated heterocycles. The Morgan fingerprint density at radius 1 is 1.24 bits per heavy atom. The maximum absolute atomic E-state index is 14.1. The second-order valence-corrected chi connectivity index (χ2v) is 10.2. The summed E-state index contributed by atoms with van der Waals surface area (Å²) in [6, 6.07) is 11.3. The molecule has 196 valence electrons. The lowest BCUT2D eigenvalue weighted by Gasteiger charge is -2.35. The highest BCUT2D eigenvalue weighted by atomic mass is 32.2. The number of hydrogen-bond donors (Lipinski definition) is 1. The predicted molar refractivity (Wildman–Crippen MR) is 137 cm³/mol. The molecule has 2 heterocycles. The van der Waals surface area contributed by atoms with Gasteiger partial charge in [0.05, 0.1) is 18.8 Å². The van der Waals surface area contributed by atoms with E-state index >= 15 is 0 Å². The second-order valence-electron chi connectivity index (χ2n) is 8.38. The zero-order valence-electron chi connectivity index (χ0n) is 20.5. The van der Waals surface area contributed by atoms with E-state index in [0.717, 1.165) is 0 Å². The maximum Gasteiger partial charge on any atom is 0.303 e. The zero-order valence-corrected chi connectivity index (χ0v) is 21.3. The molecular weight excluding hydrogens is 501 g/mol. The van der Waals surface area contributed by atoms with Crippen LogP contribution in [0.15, 0.2) is 53.6 Å². The molecule has 4 rings (SSSR count). The van der Waals surface area contributed by atoms with Gasteiger partial charge in [0.1, 0.15) is 17.7 Å². The summed E-state index contributed by atoms with van der Waals surface area (Å²) in [6.07, 6.45) is 3.99. The molecule has 0 bridgehead atoms. The average molecular weight is 530 g/mol. The Balaban J connectivity index is 1.76. The molecule has 1 N–H and O–H groups in total. The maximum atomic E-state index is 14.1. The van der Waals surface area contributed by atoms with Crippen molar-refractivity contribution in [3.05, 3.63) is 65.6 Å². The summed E-state index contributed by atoms with van der Waals surface area (Å²) >= 11 is 0. The highest BCUT2D eigenvalue weighted by Gasteiger charge is 2.37. The minimum Gasteiger partial charge on any atom is -0.486 e. The topological polar surface area (TPSA) is 111 Å². The van der Waals surface area contributed by atoms with Crippen molar-refractivity contribution < 1.29 is 32.2 Å². The molecule has 1 aliphatic heterocycles. The Hall–Kier alpha value is -3.86. The molecule has 11 heteroatoms. The number of benzene rings is 2.